The topological polar surface area (TPSA) is 73.1 Å². The van der Waals surface area contributed by atoms with E-state index in [4.69, 9.17) is 23.2 Å². The molecule has 140 valence electrons. The van der Waals surface area contributed by atoms with Crippen molar-refractivity contribution in [3.8, 4) is 11.8 Å². The second-order valence-corrected chi connectivity index (χ2v) is 7.15. The van der Waals surface area contributed by atoms with Crippen molar-refractivity contribution in [2.45, 2.75) is 12.8 Å². The maximum absolute atomic E-state index is 12.4. The molecule has 3 aromatic carbocycles. The van der Waals surface area contributed by atoms with Crippen molar-refractivity contribution in [2.75, 3.05) is 5.32 Å². The third kappa shape index (κ3) is 4.28. The van der Waals surface area contributed by atoms with Gasteiger partial charge in [-0.3, -0.25) is 4.79 Å². The number of aryl methyl sites for hydroxylation is 1. The van der Waals surface area contributed by atoms with E-state index >= 15 is 0 Å². The minimum atomic E-state index is -0.556. The molecule has 2 N–H and O–H groups in total. The SMILES string of the molecule is Cc1cc(C(C#N)c2ccc(Cl)cc2)c(Cl)cc1NC(=O)c1cccc(O)c1. The second kappa shape index (κ2) is 8.35. The van der Waals surface area contributed by atoms with Gasteiger partial charge in [0.25, 0.3) is 5.91 Å². The van der Waals surface area contributed by atoms with Gasteiger partial charge in [-0.25, -0.2) is 0 Å². The van der Waals surface area contributed by atoms with E-state index in [2.05, 4.69) is 11.4 Å². The maximum atomic E-state index is 12.4. The smallest absolute Gasteiger partial charge is 0.255 e. The fourth-order valence-corrected chi connectivity index (χ4v) is 3.28. The molecule has 0 radical (unpaired) electrons. The van der Waals surface area contributed by atoms with E-state index in [9.17, 15) is 15.2 Å². The van der Waals surface area contributed by atoms with Crippen molar-refractivity contribution in [3.63, 3.8) is 0 Å². The molecule has 0 spiro atoms. The molecule has 0 bridgehead atoms. The number of nitrogens with one attached hydrogen (secondary N) is 1. The number of phenols is 1. The number of rotatable bonds is 4. The highest BCUT2D eigenvalue weighted by atomic mass is 35.5. The van der Waals surface area contributed by atoms with Gasteiger partial charge in [-0.15, -0.1) is 0 Å². The second-order valence-electron chi connectivity index (χ2n) is 6.31. The van der Waals surface area contributed by atoms with Crippen molar-refractivity contribution in [3.05, 3.63) is 93.0 Å². The standard InChI is InChI=1S/C22H16Cl2N2O2/c1-13-9-18(19(12-25)14-5-7-16(23)8-6-14)20(24)11-21(13)26-22(28)15-3-2-4-17(27)10-15/h2-11,19,27H,1H3,(H,26,28). The zero-order chi connectivity index (χ0) is 20.3. The summed E-state index contributed by atoms with van der Waals surface area (Å²) in [6, 6.07) is 18.8. The van der Waals surface area contributed by atoms with Crippen LogP contribution in [-0.4, -0.2) is 11.0 Å². The van der Waals surface area contributed by atoms with E-state index in [-0.39, 0.29) is 11.7 Å². The van der Waals surface area contributed by atoms with Gasteiger partial charge in [0.05, 0.1) is 12.0 Å². The van der Waals surface area contributed by atoms with E-state index in [0.29, 0.717) is 26.9 Å². The van der Waals surface area contributed by atoms with Crippen LogP contribution < -0.4 is 5.32 Å². The third-order valence-corrected chi connectivity index (χ3v) is 4.92. The molecular formula is C22H16Cl2N2O2. The summed E-state index contributed by atoms with van der Waals surface area (Å²) in [5, 5.41) is 23.0. The summed E-state index contributed by atoms with van der Waals surface area (Å²) in [6.45, 7) is 1.83. The summed E-state index contributed by atoms with van der Waals surface area (Å²) in [5.74, 6) is -0.908. The van der Waals surface area contributed by atoms with Crippen molar-refractivity contribution < 1.29 is 9.90 Å². The lowest BCUT2D eigenvalue weighted by atomic mass is 9.91. The quantitative estimate of drug-likeness (QED) is 0.560. The Labute approximate surface area is 173 Å². The number of nitrogens with zero attached hydrogens (tertiary/aromatic N) is 1. The number of hydrogen-bond donors (Lipinski definition) is 2. The lowest BCUT2D eigenvalue weighted by Crippen LogP contribution is -2.13. The summed E-state index contributed by atoms with van der Waals surface area (Å²) in [7, 11) is 0. The van der Waals surface area contributed by atoms with E-state index < -0.39 is 5.92 Å². The lowest BCUT2D eigenvalue weighted by molar-refractivity contribution is 0.102. The van der Waals surface area contributed by atoms with Gasteiger partial charge in [-0.05, 0) is 60.0 Å². The van der Waals surface area contributed by atoms with Crippen LogP contribution in [0.2, 0.25) is 10.0 Å². The molecule has 1 atom stereocenters. The Morgan fingerprint density at radius 1 is 1.11 bits per heavy atom. The molecule has 28 heavy (non-hydrogen) atoms. The number of phenolic OH excluding ortho intramolecular Hbond substituents is 1. The van der Waals surface area contributed by atoms with Crippen molar-refractivity contribution >= 4 is 34.8 Å². The van der Waals surface area contributed by atoms with Gasteiger partial charge in [0, 0.05) is 21.3 Å². The molecule has 4 nitrogen and oxygen atoms in total. The lowest BCUT2D eigenvalue weighted by Gasteiger charge is -2.16. The molecule has 0 saturated heterocycles. The summed E-state index contributed by atoms with van der Waals surface area (Å²) in [5.41, 5.74) is 3.07. The van der Waals surface area contributed by atoms with E-state index in [0.717, 1.165) is 11.1 Å². The molecule has 1 amide bonds. The van der Waals surface area contributed by atoms with Crippen LogP contribution >= 0.6 is 23.2 Å². The highest BCUT2D eigenvalue weighted by Gasteiger charge is 2.19. The molecular weight excluding hydrogens is 395 g/mol. The van der Waals surface area contributed by atoms with Gasteiger partial charge in [-0.2, -0.15) is 5.26 Å². The van der Waals surface area contributed by atoms with Crippen LogP contribution in [0.25, 0.3) is 0 Å². The molecule has 0 aliphatic rings. The molecule has 0 saturated carbocycles. The number of hydrogen-bond acceptors (Lipinski definition) is 3. The predicted molar refractivity (Wildman–Crippen MR) is 111 cm³/mol. The number of halogens is 2. The van der Waals surface area contributed by atoms with Crippen LogP contribution in [-0.2, 0) is 0 Å². The zero-order valence-corrected chi connectivity index (χ0v) is 16.4. The Morgan fingerprint density at radius 3 is 2.46 bits per heavy atom. The van der Waals surface area contributed by atoms with Gasteiger partial charge in [0.1, 0.15) is 5.75 Å². The molecule has 0 aromatic heterocycles. The number of anilines is 1. The van der Waals surface area contributed by atoms with Crippen LogP contribution in [0.5, 0.6) is 5.75 Å². The first kappa shape index (κ1) is 19.8. The van der Waals surface area contributed by atoms with E-state index in [1.54, 1.807) is 48.5 Å². The number of benzene rings is 3. The number of carbonyl (C=O) groups is 1. The van der Waals surface area contributed by atoms with Crippen molar-refractivity contribution in [2.24, 2.45) is 0 Å². The molecule has 0 aliphatic heterocycles. The normalized spacial score (nSPS) is 11.5. The Morgan fingerprint density at radius 2 is 1.82 bits per heavy atom. The van der Waals surface area contributed by atoms with E-state index in [1.807, 2.05) is 6.92 Å². The Kier molecular flexibility index (Phi) is 5.89. The van der Waals surface area contributed by atoms with Gasteiger partial charge in [0.2, 0.25) is 0 Å². The number of carbonyl (C=O) groups excluding carboxylic acids is 1. The molecule has 6 heteroatoms. The van der Waals surface area contributed by atoms with Crippen molar-refractivity contribution in [1.82, 2.24) is 0 Å². The average Bonchev–Trinajstić information content (AvgIpc) is 2.67. The molecule has 0 heterocycles. The summed E-state index contributed by atoms with van der Waals surface area (Å²) in [6.07, 6.45) is 0. The van der Waals surface area contributed by atoms with Gasteiger partial charge in [0.15, 0.2) is 0 Å². The third-order valence-electron chi connectivity index (χ3n) is 4.34. The first-order chi connectivity index (χ1) is 13.4. The van der Waals surface area contributed by atoms with Gasteiger partial charge < -0.3 is 10.4 Å². The van der Waals surface area contributed by atoms with Crippen LogP contribution in [0, 0.1) is 18.3 Å². The molecule has 3 aromatic rings. The Hall–Kier alpha value is -3.00. The van der Waals surface area contributed by atoms with Crippen molar-refractivity contribution in [1.29, 1.82) is 5.26 Å². The average molecular weight is 411 g/mol. The fraction of sp³-hybridized carbons (Fsp3) is 0.0909. The highest BCUT2D eigenvalue weighted by Crippen LogP contribution is 2.34. The largest absolute Gasteiger partial charge is 0.508 e. The fourth-order valence-electron chi connectivity index (χ4n) is 2.88. The zero-order valence-electron chi connectivity index (χ0n) is 14.9. The van der Waals surface area contributed by atoms with Gasteiger partial charge >= 0.3 is 0 Å². The van der Waals surface area contributed by atoms with Crippen LogP contribution in [0.3, 0.4) is 0 Å². The van der Waals surface area contributed by atoms with Crippen LogP contribution in [0.1, 0.15) is 33.0 Å². The summed E-state index contributed by atoms with van der Waals surface area (Å²) < 4.78 is 0. The number of aromatic hydroxyl groups is 1. The molecule has 0 fully saturated rings. The molecule has 3 rings (SSSR count). The summed E-state index contributed by atoms with van der Waals surface area (Å²) in [4.78, 5) is 12.4. The molecule has 0 aliphatic carbocycles. The highest BCUT2D eigenvalue weighted by molar-refractivity contribution is 6.32. The van der Waals surface area contributed by atoms with E-state index in [1.165, 1.54) is 12.1 Å². The van der Waals surface area contributed by atoms with Crippen LogP contribution in [0.15, 0.2) is 60.7 Å². The first-order valence-corrected chi connectivity index (χ1v) is 9.20. The Bertz CT molecular complexity index is 1070. The minimum Gasteiger partial charge on any atom is -0.508 e. The maximum Gasteiger partial charge on any atom is 0.255 e. The van der Waals surface area contributed by atoms with Gasteiger partial charge in [-0.1, -0.05) is 47.5 Å². The predicted octanol–water partition coefficient (Wildman–Crippen LogP) is 5.92. The minimum absolute atomic E-state index is 0.0116. The Balaban J connectivity index is 1.91. The molecule has 1 unspecified atom stereocenters. The number of amides is 1. The number of nitriles is 1. The first-order valence-electron chi connectivity index (χ1n) is 8.44. The van der Waals surface area contributed by atoms with Crippen LogP contribution in [0.4, 0.5) is 5.69 Å². The summed E-state index contributed by atoms with van der Waals surface area (Å²) >= 11 is 12.4. The monoisotopic (exact) mass is 410 g/mol.